The first-order valence-corrected chi connectivity index (χ1v) is 5.80. The first-order valence-electron chi connectivity index (χ1n) is 5.00. The Balaban J connectivity index is 2.76. The van der Waals surface area contributed by atoms with Crippen molar-refractivity contribution in [1.29, 1.82) is 0 Å². The van der Waals surface area contributed by atoms with E-state index in [9.17, 15) is 13.2 Å². The maximum Gasteiger partial charge on any atom is 0.401 e. The molecule has 1 unspecified atom stereocenters. The molecule has 0 heterocycles. The molecule has 0 fully saturated rings. The molecular weight excluding hydrogens is 299 g/mol. The Kier molecular flexibility index (Phi) is 4.97. The molecule has 17 heavy (non-hydrogen) atoms. The molecule has 0 saturated carbocycles. The lowest BCUT2D eigenvalue weighted by Gasteiger charge is -2.18. The van der Waals surface area contributed by atoms with E-state index >= 15 is 0 Å². The van der Waals surface area contributed by atoms with E-state index in [1.165, 1.54) is 0 Å². The summed E-state index contributed by atoms with van der Waals surface area (Å²) < 4.78 is 37.1. The first-order chi connectivity index (χ1) is 7.83. The molecule has 0 spiro atoms. The standard InChI is InChI=1S/C11H13BrF3NO/c1-7-4-8(2-3-9(7)12)10(5-17)16-6-11(13,14)15/h2-4,10,16-17H,5-6H2,1H3. The summed E-state index contributed by atoms with van der Waals surface area (Å²) >= 11 is 3.31. The van der Waals surface area contributed by atoms with Gasteiger partial charge in [-0.15, -0.1) is 0 Å². The lowest BCUT2D eigenvalue weighted by Crippen LogP contribution is -2.33. The third-order valence-corrected chi connectivity index (χ3v) is 3.21. The van der Waals surface area contributed by atoms with Crippen molar-refractivity contribution >= 4 is 15.9 Å². The third kappa shape index (κ3) is 4.65. The summed E-state index contributed by atoms with van der Waals surface area (Å²) in [6, 6.07) is 4.47. The Hall–Kier alpha value is -0.590. The van der Waals surface area contributed by atoms with Crippen LogP contribution in [0.3, 0.4) is 0 Å². The van der Waals surface area contributed by atoms with Crippen LogP contribution in [-0.2, 0) is 0 Å². The zero-order chi connectivity index (χ0) is 13.1. The van der Waals surface area contributed by atoms with Crippen molar-refractivity contribution < 1.29 is 18.3 Å². The molecule has 0 bridgehead atoms. The molecule has 0 saturated heterocycles. The minimum Gasteiger partial charge on any atom is -0.394 e. The fraction of sp³-hybridized carbons (Fsp3) is 0.455. The molecule has 1 aromatic carbocycles. The highest BCUT2D eigenvalue weighted by Crippen LogP contribution is 2.22. The number of benzene rings is 1. The lowest BCUT2D eigenvalue weighted by molar-refractivity contribution is -0.126. The van der Waals surface area contributed by atoms with Gasteiger partial charge in [0.1, 0.15) is 0 Å². The van der Waals surface area contributed by atoms with Crippen LogP contribution in [0.4, 0.5) is 13.2 Å². The smallest absolute Gasteiger partial charge is 0.394 e. The summed E-state index contributed by atoms with van der Waals surface area (Å²) in [5, 5.41) is 11.4. The predicted molar refractivity (Wildman–Crippen MR) is 62.8 cm³/mol. The van der Waals surface area contributed by atoms with Crippen LogP contribution in [0.15, 0.2) is 22.7 Å². The summed E-state index contributed by atoms with van der Waals surface area (Å²) in [5.74, 6) is 0. The number of nitrogens with one attached hydrogen (secondary N) is 1. The molecule has 0 aromatic heterocycles. The van der Waals surface area contributed by atoms with Crippen LogP contribution in [0.2, 0.25) is 0 Å². The Labute approximate surface area is 106 Å². The van der Waals surface area contributed by atoms with Crippen LogP contribution in [-0.4, -0.2) is 24.4 Å². The molecule has 96 valence electrons. The number of rotatable bonds is 4. The Morgan fingerprint density at radius 3 is 2.53 bits per heavy atom. The van der Waals surface area contributed by atoms with Gasteiger partial charge in [-0.3, -0.25) is 5.32 Å². The van der Waals surface area contributed by atoms with Crippen molar-refractivity contribution in [2.24, 2.45) is 0 Å². The van der Waals surface area contributed by atoms with Gasteiger partial charge in [0.15, 0.2) is 0 Å². The number of halogens is 4. The summed E-state index contributed by atoms with van der Waals surface area (Å²) in [6.07, 6.45) is -4.28. The normalized spacial score (nSPS) is 13.8. The van der Waals surface area contributed by atoms with Crippen molar-refractivity contribution in [3.05, 3.63) is 33.8 Å². The molecule has 2 nitrogen and oxygen atoms in total. The fourth-order valence-corrected chi connectivity index (χ4v) is 1.66. The summed E-state index contributed by atoms with van der Waals surface area (Å²) in [5.41, 5.74) is 1.55. The van der Waals surface area contributed by atoms with E-state index in [-0.39, 0.29) is 6.61 Å². The minimum absolute atomic E-state index is 0.378. The van der Waals surface area contributed by atoms with E-state index < -0.39 is 18.8 Å². The highest BCUT2D eigenvalue weighted by molar-refractivity contribution is 9.10. The van der Waals surface area contributed by atoms with E-state index in [1.807, 2.05) is 6.92 Å². The van der Waals surface area contributed by atoms with Gasteiger partial charge in [0.25, 0.3) is 0 Å². The molecule has 1 rings (SSSR count). The van der Waals surface area contributed by atoms with Crippen molar-refractivity contribution in [2.45, 2.75) is 19.1 Å². The monoisotopic (exact) mass is 311 g/mol. The van der Waals surface area contributed by atoms with Crippen LogP contribution >= 0.6 is 15.9 Å². The van der Waals surface area contributed by atoms with Gasteiger partial charge in [-0.2, -0.15) is 13.2 Å². The number of hydrogen-bond acceptors (Lipinski definition) is 2. The zero-order valence-electron chi connectivity index (χ0n) is 9.18. The Morgan fingerprint density at radius 1 is 1.41 bits per heavy atom. The average molecular weight is 312 g/mol. The highest BCUT2D eigenvalue weighted by atomic mass is 79.9. The molecule has 2 N–H and O–H groups in total. The van der Waals surface area contributed by atoms with E-state index in [0.717, 1.165) is 10.0 Å². The van der Waals surface area contributed by atoms with Gasteiger partial charge in [0.2, 0.25) is 0 Å². The Morgan fingerprint density at radius 2 is 2.06 bits per heavy atom. The van der Waals surface area contributed by atoms with Crippen LogP contribution < -0.4 is 5.32 Å². The van der Waals surface area contributed by atoms with Gasteiger partial charge in [-0.25, -0.2) is 0 Å². The van der Waals surface area contributed by atoms with Gasteiger partial charge in [-0.1, -0.05) is 28.1 Å². The van der Waals surface area contributed by atoms with Crippen LogP contribution in [0.25, 0.3) is 0 Å². The number of hydrogen-bond donors (Lipinski definition) is 2. The van der Waals surface area contributed by atoms with E-state index in [0.29, 0.717) is 5.56 Å². The second-order valence-corrected chi connectivity index (χ2v) is 4.59. The molecule has 1 atom stereocenters. The number of aliphatic hydroxyl groups is 1. The van der Waals surface area contributed by atoms with Crippen LogP contribution in [0.1, 0.15) is 17.2 Å². The molecule has 0 aliphatic rings. The lowest BCUT2D eigenvalue weighted by atomic mass is 10.1. The molecule has 6 heteroatoms. The number of aliphatic hydroxyl groups excluding tert-OH is 1. The largest absolute Gasteiger partial charge is 0.401 e. The molecule has 0 radical (unpaired) electrons. The van der Waals surface area contributed by atoms with Crippen molar-refractivity contribution in [2.75, 3.05) is 13.2 Å². The maximum absolute atomic E-state index is 12.1. The topological polar surface area (TPSA) is 32.3 Å². The predicted octanol–water partition coefficient (Wildman–Crippen LogP) is 2.94. The quantitative estimate of drug-likeness (QED) is 0.896. The average Bonchev–Trinajstić information content (AvgIpc) is 2.22. The first kappa shape index (κ1) is 14.5. The fourth-order valence-electron chi connectivity index (χ4n) is 1.41. The van der Waals surface area contributed by atoms with E-state index in [2.05, 4.69) is 21.2 Å². The maximum atomic E-state index is 12.1. The molecular formula is C11H13BrF3NO. The van der Waals surface area contributed by atoms with Crippen LogP contribution in [0, 0.1) is 6.92 Å². The van der Waals surface area contributed by atoms with Crippen molar-refractivity contribution in [3.8, 4) is 0 Å². The summed E-state index contributed by atoms with van der Waals surface area (Å²) in [7, 11) is 0. The minimum atomic E-state index is -4.28. The molecule has 0 aliphatic carbocycles. The third-order valence-electron chi connectivity index (χ3n) is 2.32. The Bertz CT molecular complexity index is 381. The second kappa shape index (κ2) is 5.84. The van der Waals surface area contributed by atoms with Gasteiger partial charge in [-0.05, 0) is 24.1 Å². The summed E-state index contributed by atoms with van der Waals surface area (Å²) in [6.45, 7) is 0.344. The van der Waals surface area contributed by atoms with Crippen molar-refractivity contribution in [3.63, 3.8) is 0 Å². The molecule has 0 aliphatic heterocycles. The second-order valence-electron chi connectivity index (χ2n) is 3.74. The van der Waals surface area contributed by atoms with Gasteiger partial charge >= 0.3 is 6.18 Å². The SMILES string of the molecule is Cc1cc(C(CO)NCC(F)(F)F)ccc1Br. The molecule has 0 amide bonds. The zero-order valence-corrected chi connectivity index (χ0v) is 10.8. The van der Waals surface area contributed by atoms with Gasteiger partial charge < -0.3 is 5.11 Å². The van der Waals surface area contributed by atoms with Gasteiger partial charge in [0, 0.05) is 4.47 Å². The van der Waals surface area contributed by atoms with Gasteiger partial charge in [0.05, 0.1) is 19.2 Å². The number of aryl methyl sites for hydroxylation is 1. The van der Waals surface area contributed by atoms with Crippen molar-refractivity contribution in [1.82, 2.24) is 5.32 Å². The number of alkyl halides is 3. The summed E-state index contributed by atoms with van der Waals surface area (Å²) in [4.78, 5) is 0. The van der Waals surface area contributed by atoms with E-state index in [4.69, 9.17) is 5.11 Å². The van der Waals surface area contributed by atoms with Crippen LogP contribution in [0.5, 0.6) is 0 Å². The van der Waals surface area contributed by atoms with E-state index in [1.54, 1.807) is 18.2 Å². The molecule has 1 aromatic rings. The highest BCUT2D eigenvalue weighted by Gasteiger charge is 2.28.